The van der Waals surface area contributed by atoms with Gasteiger partial charge in [-0.15, -0.1) is 0 Å². The monoisotopic (exact) mass is 265 g/mol. The molecule has 1 aliphatic heterocycles. The maximum Gasteiger partial charge on any atom is 0.241 e. The van der Waals surface area contributed by atoms with Crippen LogP contribution in [0.2, 0.25) is 0 Å². The van der Waals surface area contributed by atoms with Crippen molar-refractivity contribution < 1.29 is 4.79 Å². The highest BCUT2D eigenvalue weighted by Gasteiger charge is 2.20. The van der Waals surface area contributed by atoms with Crippen LogP contribution >= 0.6 is 0 Å². The van der Waals surface area contributed by atoms with Crippen molar-refractivity contribution in [2.45, 2.75) is 38.8 Å². The number of carbonyl (C=O) groups is 1. The number of carbonyl (C=O) groups excluding carboxylic acids is 1. The number of nitrogens with one attached hydrogen (secondary N) is 1. The van der Waals surface area contributed by atoms with Crippen LogP contribution < -0.4 is 11.1 Å². The molecule has 1 aromatic rings. The second-order valence-electron chi connectivity index (χ2n) is 5.12. The van der Waals surface area contributed by atoms with E-state index < -0.39 is 0 Å². The Morgan fingerprint density at radius 3 is 2.84 bits per heavy atom. The van der Waals surface area contributed by atoms with Crippen molar-refractivity contribution in [3.8, 4) is 0 Å². The SMILES string of the molecule is CCCN1CCC(NC(=O)Cn2ccc(N)n2)CC1. The number of piperidine rings is 1. The lowest BCUT2D eigenvalue weighted by molar-refractivity contribution is -0.122. The van der Waals surface area contributed by atoms with Gasteiger partial charge in [-0.25, -0.2) is 0 Å². The Hall–Kier alpha value is -1.56. The van der Waals surface area contributed by atoms with E-state index in [1.165, 1.54) is 6.42 Å². The van der Waals surface area contributed by atoms with E-state index in [4.69, 9.17) is 5.73 Å². The molecule has 6 nitrogen and oxygen atoms in total. The van der Waals surface area contributed by atoms with Gasteiger partial charge in [-0.1, -0.05) is 6.92 Å². The number of hydrogen-bond donors (Lipinski definition) is 2. The van der Waals surface area contributed by atoms with E-state index in [9.17, 15) is 4.79 Å². The molecule has 3 N–H and O–H groups in total. The fraction of sp³-hybridized carbons (Fsp3) is 0.692. The maximum atomic E-state index is 11.9. The van der Waals surface area contributed by atoms with Gasteiger partial charge < -0.3 is 16.0 Å². The Balaban J connectivity index is 1.71. The Labute approximate surface area is 113 Å². The summed E-state index contributed by atoms with van der Waals surface area (Å²) in [7, 11) is 0. The molecule has 1 aliphatic rings. The largest absolute Gasteiger partial charge is 0.382 e. The molecule has 1 fully saturated rings. The van der Waals surface area contributed by atoms with Gasteiger partial charge in [0, 0.05) is 25.3 Å². The minimum absolute atomic E-state index is 0.0111. The number of aromatic nitrogens is 2. The van der Waals surface area contributed by atoms with Crippen LogP contribution in [0.25, 0.3) is 0 Å². The first-order chi connectivity index (χ1) is 9.17. The number of nitrogens with two attached hydrogens (primary N) is 1. The molecular weight excluding hydrogens is 242 g/mol. The maximum absolute atomic E-state index is 11.9. The Bertz CT molecular complexity index is 409. The van der Waals surface area contributed by atoms with Crippen LogP contribution in [-0.4, -0.2) is 46.3 Å². The molecule has 0 bridgehead atoms. The van der Waals surface area contributed by atoms with Crippen molar-refractivity contribution >= 4 is 11.7 Å². The summed E-state index contributed by atoms with van der Waals surface area (Å²) in [4.78, 5) is 14.3. The summed E-state index contributed by atoms with van der Waals surface area (Å²) in [6.45, 7) is 5.75. The lowest BCUT2D eigenvalue weighted by Crippen LogP contribution is -2.45. The molecular formula is C13H23N5O. The highest BCUT2D eigenvalue weighted by Crippen LogP contribution is 2.10. The Morgan fingerprint density at radius 2 is 2.26 bits per heavy atom. The van der Waals surface area contributed by atoms with Gasteiger partial charge in [0.2, 0.25) is 5.91 Å². The van der Waals surface area contributed by atoms with Gasteiger partial charge in [0.1, 0.15) is 12.4 Å². The van der Waals surface area contributed by atoms with Crippen LogP contribution in [0.3, 0.4) is 0 Å². The van der Waals surface area contributed by atoms with Crippen LogP contribution in [-0.2, 0) is 11.3 Å². The number of nitrogen functional groups attached to an aromatic ring is 1. The van der Waals surface area contributed by atoms with Crippen molar-refractivity contribution in [2.75, 3.05) is 25.4 Å². The third-order valence-corrected chi connectivity index (χ3v) is 3.46. The van der Waals surface area contributed by atoms with Gasteiger partial charge in [-0.05, 0) is 31.9 Å². The zero-order valence-electron chi connectivity index (χ0n) is 11.5. The number of rotatable bonds is 5. The fourth-order valence-corrected chi connectivity index (χ4v) is 2.50. The van der Waals surface area contributed by atoms with Crippen LogP contribution in [0.4, 0.5) is 5.82 Å². The number of hydrogen-bond acceptors (Lipinski definition) is 4. The number of anilines is 1. The first kappa shape index (κ1) is 13.9. The van der Waals surface area contributed by atoms with Crippen molar-refractivity contribution in [2.24, 2.45) is 0 Å². The summed E-state index contributed by atoms with van der Waals surface area (Å²) in [6, 6.07) is 1.99. The van der Waals surface area contributed by atoms with Gasteiger partial charge in [-0.3, -0.25) is 9.48 Å². The van der Waals surface area contributed by atoms with Crippen LogP contribution in [0.15, 0.2) is 12.3 Å². The van der Waals surface area contributed by atoms with Crippen molar-refractivity contribution in [3.63, 3.8) is 0 Å². The molecule has 1 amide bonds. The van der Waals surface area contributed by atoms with E-state index >= 15 is 0 Å². The zero-order valence-corrected chi connectivity index (χ0v) is 11.5. The summed E-state index contributed by atoms with van der Waals surface area (Å²) in [5, 5.41) is 7.08. The van der Waals surface area contributed by atoms with Crippen molar-refractivity contribution in [1.82, 2.24) is 20.0 Å². The average Bonchev–Trinajstić information content (AvgIpc) is 2.77. The standard InChI is InChI=1S/C13H23N5O/c1-2-6-17-7-3-11(4-8-17)15-13(19)10-18-9-5-12(14)16-18/h5,9,11H,2-4,6-8,10H2,1H3,(H2,14,16)(H,15,19). The lowest BCUT2D eigenvalue weighted by atomic mass is 10.0. The third-order valence-electron chi connectivity index (χ3n) is 3.46. The van der Waals surface area contributed by atoms with Gasteiger partial charge in [0.25, 0.3) is 0 Å². The van der Waals surface area contributed by atoms with Crippen LogP contribution in [0.1, 0.15) is 26.2 Å². The van der Waals surface area contributed by atoms with Crippen molar-refractivity contribution in [1.29, 1.82) is 0 Å². The quantitative estimate of drug-likeness (QED) is 0.811. The number of nitrogens with zero attached hydrogens (tertiary/aromatic N) is 3. The van der Waals surface area contributed by atoms with Gasteiger partial charge in [-0.2, -0.15) is 5.10 Å². The molecule has 2 heterocycles. The molecule has 2 rings (SSSR count). The van der Waals surface area contributed by atoms with Gasteiger partial charge >= 0.3 is 0 Å². The fourth-order valence-electron chi connectivity index (χ4n) is 2.50. The minimum Gasteiger partial charge on any atom is -0.382 e. The molecule has 0 saturated carbocycles. The number of amides is 1. The topological polar surface area (TPSA) is 76.2 Å². The molecule has 1 saturated heterocycles. The highest BCUT2D eigenvalue weighted by atomic mass is 16.2. The molecule has 1 aromatic heterocycles. The van der Waals surface area contributed by atoms with Crippen molar-refractivity contribution in [3.05, 3.63) is 12.3 Å². The summed E-state index contributed by atoms with van der Waals surface area (Å²) in [6.07, 6.45) is 4.98. The normalized spacial score (nSPS) is 17.5. The molecule has 0 aromatic carbocycles. The van der Waals surface area contributed by atoms with E-state index in [0.717, 1.165) is 32.5 Å². The molecule has 0 unspecified atom stereocenters. The molecule has 0 radical (unpaired) electrons. The molecule has 6 heteroatoms. The average molecular weight is 265 g/mol. The van der Waals surface area contributed by atoms with E-state index in [1.807, 2.05) is 0 Å². The summed E-state index contributed by atoms with van der Waals surface area (Å²) in [5.74, 6) is 0.456. The zero-order chi connectivity index (χ0) is 13.7. The summed E-state index contributed by atoms with van der Waals surface area (Å²) < 4.78 is 1.57. The van der Waals surface area contributed by atoms with E-state index in [1.54, 1.807) is 16.9 Å². The lowest BCUT2D eigenvalue weighted by Gasteiger charge is -2.32. The third kappa shape index (κ3) is 4.24. The van der Waals surface area contributed by atoms with E-state index in [0.29, 0.717) is 11.9 Å². The van der Waals surface area contributed by atoms with E-state index in [-0.39, 0.29) is 12.5 Å². The molecule has 0 aliphatic carbocycles. The van der Waals surface area contributed by atoms with E-state index in [2.05, 4.69) is 22.2 Å². The Kier molecular flexibility index (Phi) is 4.79. The second kappa shape index (κ2) is 6.56. The summed E-state index contributed by atoms with van der Waals surface area (Å²) in [5.41, 5.74) is 5.51. The van der Waals surface area contributed by atoms with Gasteiger partial charge in [0.15, 0.2) is 0 Å². The molecule has 106 valence electrons. The highest BCUT2D eigenvalue weighted by molar-refractivity contribution is 5.76. The first-order valence-electron chi connectivity index (χ1n) is 6.98. The van der Waals surface area contributed by atoms with Crippen LogP contribution in [0, 0.1) is 0 Å². The number of likely N-dealkylation sites (tertiary alicyclic amines) is 1. The molecule has 0 atom stereocenters. The Morgan fingerprint density at radius 1 is 1.53 bits per heavy atom. The predicted octanol–water partition coefficient (Wildman–Crippen LogP) is 0.456. The predicted molar refractivity (Wildman–Crippen MR) is 74.5 cm³/mol. The van der Waals surface area contributed by atoms with Gasteiger partial charge in [0.05, 0.1) is 0 Å². The molecule has 0 spiro atoms. The first-order valence-corrected chi connectivity index (χ1v) is 6.98. The summed E-state index contributed by atoms with van der Waals surface area (Å²) >= 11 is 0. The van der Waals surface area contributed by atoms with Crippen LogP contribution in [0.5, 0.6) is 0 Å². The minimum atomic E-state index is 0.0111. The molecule has 19 heavy (non-hydrogen) atoms. The smallest absolute Gasteiger partial charge is 0.241 e. The second-order valence-corrected chi connectivity index (χ2v) is 5.12.